The van der Waals surface area contributed by atoms with Crippen molar-refractivity contribution in [1.29, 1.82) is 0 Å². The van der Waals surface area contributed by atoms with Crippen LogP contribution in [0.1, 0.15) is 51.4 Å². The first-order valence-corrected chi connectivity index (χ1v) is 15.7. The Morgan fingerprint density at radius 2 is 1.00 bits per heavy atom. The molecule has 44 heavy (non-hydrogen) atoms. The third kappa shape index (κ3) is 5.65. The van der Waals surface area contributed by atoms with Crippen molar-refractivity contribution in [2.24, 2.45) is 5.92 Å². The van der Waals surface area contributed by atoms with Gasteiger partial charge in [-0.25, -0.2) is 3.63 Å². The van der Waals surface area contributed by atoms with Crippen LogP contribution in [0.25, 0.3) is 0 Å². The van der Waals surface area contributed by atoms with Crippen molar-refractivity contribution in [3.8, 4) is 0 Å². The van der Waals surface area contributed by atoms with Gasteiger partial charge < -0.3 is 4.79 Å². The van der Waals surface area contributed by atoms with Crippen molar-refractivity contribution in [1.82, 2.24) is 0 Å². The number of rotatable bonds is 12. The first kappa shape index (κ1) is 38.9. The topological polar surface area (TPSA) is 60.4 Å². The van der Waals surface area contributed by atoms with E-state index in [0.29, 0.717) is 19.3 Å². The van der Waals surface area contributed by atoms with Crippen molar-refractivity contribution in [3.63, 3.8) is 0 Å². The second-order valence-corrected chi connectivity index (χ2v) is 15.4. The molecule has 262 valence electrons. The van der Waals surface area contributed by atoms with E-state index in [1.54, 1.807) is 0 Å². The Hall–Kier alpha value is -1.26. The molecule has 2 unspecified atom stereocenters. The summed E-state index contributed by atoms with van der Waals surface area (Å²) in [6, 6.07) is 0. The smallest absolute Gasteiger partial charge is 0.302 e. The molecule has 2 fully saturated rings. The third-order valence-electron chi connectivity index (χ3n) is 7.54. The predicted octanol–water partition coefficient (Wildman–Crippen LogP) is 8.35. The summed E-state index contributed by atoms with van der Waals surface area (Å²) in [5, 5.41) is -8.88. The molecule has 0 aromatic carbocycles. The van der Waals surface area contributed by atoms with Crippen LogP contribution in [0.15, 0.2) is 0 Å². The number of hydrogen-bond donors (Lipinski definition) is 0. The second kappa shape index (κ2) is 11.8. The Bertz CT molecular complexity index is 1150. The minimum atomic E-state index is -8.91. The molecule has 0 amide bonds. The van der Waals surface area contributed by atoms with Crippen molar-refractivity contribution >= 4 is 26.7 Å². The van der Waals surface area contributed by atoms with E-state index in [1.165, 1.54) is 0 Å². The number of aldehydes is 1. The van der Waals surface area contributed by atoms with Crippen molar-refractivity contribution in [2.75, 3.05) is 11.5 Å². The Morgan fingerprint density at radius 3 is 1.43 bits per heavy atom. The van der Waals surface area contributed by atoms with Crippen LogP contribution in [-0.2, 0) is 18.5 Å². The summed E-state index contributed by atoms with van der Waals surface area (Å²) >= 11 is 0. The van der Waals surface area contributed by atoms with E-state index in [0.717, 1.165) is 0 Å². The van der Waals surface area contributed by atoms with E-state index < -0.39 is 90.1 Å². The average molecular weight is 727 g/mol. The summed E-state index contributed by atoms with van der Waals surface area (Å²) in [5.74, 6) is -54.3. The van der Waals surface area contributed by atoms with E-state index >= 15 is 0 Å². The lowest BCUT2D eigenvalue weighted by atomic mass is 9.85. The molecule has 1 heterocycles. The summed E-state index contributed by atoms with van der Waals surface area (Å²) in [6.45, 7) is 0. The lowest BCUT2D eigenvalue weighted by molar-refractivity contribution is -0.458. The number of carbonyl (C=O) groups is 1. The molecular formula is C21H23F17O4S2. The van der Waals surface area contributed by atoms with Gasteiger partial charge in [-0.15, -0.1) is 10.3 Å². The van der Waals surface area contributed by atoms with Gasteiger partial charge in [0.15, 0.2) is 0 Å². The molecule has 0 N–H and O–H groups in total. The lowest BCUT2D eigenvalue weighted by Gasteiger charge is -2.51. The zero-order chi connectivity index (χ0) is 34.6. The molecule has 0 radical (unpaired) electrons. The maximum Gasteiger partial charge on any atom is 0.460 e. The van der Waals surface area contributed by atoms with Gasteiger partial charge in [-0.3, -0.25) is 0 Å². The Kier molecular flexibility index (Phi) is 10.4. The zero-order valence-corrected chi connectivity index (χ0v) is 23.3. The van der Waals surface area contributed by atoms with Gasteiger partial charge in [0.1, 0.15) is 6.29 Å². The maximum absolute atomic E-state index is 14.7. The fraction of sp³-hybridized carbons (Fsp3) is 0.952. The predicted molar refractivity (Wildman–Crippen MR) is 118 cm³/mol. The largest absolute Gasteiger partial charge is 0.460 e. The highest BCUT2D eigenvalue weighted by atomic mass is 32.3. The standard InChI is InChI=1S/C21H23F17O4S2/c22-14(23,16(26,27)18(30,31)20(34,35)36)15(24,25)17(28,29)19(32,33)21(37,38)44(40,41)42-43(11-9-39)10-5-4-8-13(43)12-6-2-1-3-7-12/h9,12-13H,1-8,10-11H2. The molecule has 23 heteroatoms. The Morgan fingerprint density at radius 1 is 0.591 bits per heavy atom. The Balaban J connectivity index is 2.64. The highest BCUT2D eigenvalue weighted by Gasteiger charge is 2.96. The minimum absolute atomic E-state index is 0.0612. The normalized spacial score (nSPS) is 26.2. The molecular weight excluding hydrogens is 703 g/mol. The van der Waals surface area contributed by atoms with Crippen molar-refractivity contribution < 1.29 is 91.5 Å². The number of alkyl halides is 17. The van der Waals surface area contributed by atoms with E-state index in [2.05, 4.69) is 3.63 Å². The van der Waals surface area contributed by atoms with Crippen LogP contribution in [0.4, 0.5) is 74.6 Å². The monoisotopic (exact) mass is 726 g/mol. The molecule has 2 rings (SSSR count). The molecule has 1 aliphatic heterocycles. The van der Waals surface area contributed by atoms with Crippen LogP contribution in [0.3, 0.4) is 0 Å². The maximum atomic E-state index is 14.7. The third-order valence-corrected chi connectivity index (χ3v) is 13.6. The summed E-state index contributed by atoms with van der Waals surface area (Å²) in [5.41, 5.74) is 0. The van der Waals surface area contributed by atoms with Crippen LogP contribution in [0.5, 0.6) is 0 Å². The molecule has 0 aromatic heterocycles. The van der Waals surface area contributed by atoms with Crippen molar-refractivity contribution in [2.45, 2.75) is 104 Å². The molecule has 2 aliphatic rings. The summed E-state index contributed by atoms with van der Waals surface area (Å²) < 4.78 is 261. The van der Waals surface area contributed by atoms with E-state index in [4.69, 9.17) is 0 Å². The van der Waals surface area contributed by atoms with Gasteiger partial charge in [0.2, 0.25) is 0 Å². The van der Waals surface area contributed by atoms with Crippen molar-refractivity contribution in [3.05, 3.63) is 0 Å². The first-order chi connectivity index (χ1) is 19.5. The summed E-state index contributed by atoms with van der Waals surface area (Å²) in [4.78, 5) is 11.4. The molecule has 1 aliphatic carbocycles. The highest BCUT2D eigenvalue weighted by Crippen LogP contribution is 2.67. The van der Waals surface area contributed by atoms with Gasteiger partial charge in [0, 0.05) is 11.0 Å². The minimum Gasteiger partial charge on any atom is -0.302 e. The summed E-state index contributed by atoms with van der Waals surface area (Å²) in [7, 11) is -11.6. The van der Waals surface area contributed by atoms with Gasteiger partial charge in [-0.05, 0) is 31.6 Å². The van der Waals surface area contributed by atoms with E-state index in [9.17, 15) is 87.8 Å². The number of halogens is 17. The van der Waals surface area contributed by atoms with Crippen LogP contribution in [-0.4, -0.2) is 78.4 Å². The van der Waals surface area contributed by atoms with Crippen LogP contribution < -0.4 is 0 Å². The van der Waals surface area contributed by atoms with Gasteiger partial charge in [0.25, 0.3) is 0 Å². The van der Waals surface area contributed by atoms with Gasteiger partial charge in [0.05, 0.1) is 5.75 Å². The Labute approximate surface area is 239 Å². The van der Waals surface area contributed by atoms with Crippen LogP contribution in [0, 0.1) is 5.92 Å². The van der Waals surface area contributed by atoms with E-state index in [1.807, 2.05) is 0 Å². The van der Waals surface area contributed by atoms with E-state index in [-0.39, 0.29) is 38.4 Å². The highest BCUT2D eigenvalue weighted by molar-refractivity contribution is 8.33. The number of carbonyl (C=O) groups excluding carboxylic acids is 1. The molecule has 2 atom stereocenters. The lowest BCUT2D eigenvalue weighted by Crippen LogP contribution is -2.75. The number of hydrogen-bond acceptors (Lipinski definition) is 4. The molecule has 0 spiro atoms. The van der Waals surface area contributed by atoms with Crippen LogP contribution >= 0.6 is 10.3 Å². The SMILES string of the molecule is O=CCS1(OS(=O)(=O)C(F)(F)C(F)(F)C(F)(F)C(F)(F)C(F)(F)C(F)(F)C(F)(F)C(F)(F)F)CCCCC1C1CCCCC1. The van der Waals surface area contributed by atoms with Gasteiger partial charge in [-0.1, -0.05) is 25.7 Å². The average Bonchev–Trinajstić information content (AvgIpc) is 2.87. The molecule has 4 nitrogen and oxygen atoms in total. The van der Waals surface area contributed by atoms with Crippen LogP contribution in [0.2, 0.25) is 0 Å². The molecule has 0 aromatic rings. The fourth-order valence-electron chi connectivity index (χ4n) is 5.11. The zero-order valence-electron chi connectivity index (χ0n) is 21.7. The summed E-state index contributed by atoms with van der Waals surface area (Å²) in [6.07, 6.45) is -5.70. The quantitative estimate of drug-likeness (QED) is 0.150. The molecule has 1 saturated carbocycles. The molecule has 0 bridgehead atoms. The van der Waals surface area contributed by atoms with Gasteiger partial charge >= 0.3 is 57.1 Å². The first-order valence-electron chi connectivity index (χ1n) is 12.3. The molecule has 1 saturated heterocycles. The second-order valence-electron chi connectivity index (χ2n) is 10.3. The fourth-order valence-corrected chi connectivity index (χ4v) is 11.4. The van der Waals surface area contributed by atoms with Gasteiger partial charge in [-0.2, -0.15) is 83.1 Å².